The van der Waals surface area contributed by atoms with E-state index in [1.807, 2.05) is 51.1 Å². The normalized spacial score (nSPS) is 11.4. The van der Waals surface area contributed by atoms with E-state index in [-0.39, 0.29) is 6.09 Å². The number of hydrogen-bond donors (Lipinski definition) is 0. The molecule has 1 aromatic carbocycles. The van der Waals surface area contributed by atoms with E-state index in [1.54, 1.807) is 7.05 Å². The molecule has 0 bridgehead atoms. The quantitative estimate of drug-likeness (QED) is 0.794. The molecular weight excluding hydrogens is 263 g/mol. The first-order valence-corrected chi connectivity index (χ1v) is 6.84. The van der Waals surface area contributed by atoms with Gasteiger partial charge in [0.15, 0.2) is 0 Å². The largest absolute Gasteiger partial charge is 0.444 e. The van der Waals surface area contributed by atoms with Crippen LogP contribution in [0.2, 0.25) is 0 Å². The number of pyridine rings is 1. The van der Waals surface area contributed by atoms with Crippen LogP contribution in [0.5, 0.6) is 0 Å². The Morgan fingerprint density at radius 3 is 2.67 bits per heavy atom. The van der Waals surface area contributed by atoms with E-state index < -0.39 is 5.60 Å². The second-order valence-electron chi connectivity index (χ2n) is 6.06. The second kappa shape index (κ2) is 5.76. The van der Waals surface area contributed by atoms with Crippen molar-refractivity contribution in [1.29, 1.82) is 0 Å². The van der Waals surface area contributed by atoms with Gasteiger partial charge in [-0.25, -0.2) is 4.79 Å². The van der Waals surface area contributed by atoms with Gasteiger partial charge >= 0.3 is 6.09 Å². The summed E-state index contributed by atoms with van der Waals surface area (Å²) in [7, 11) is 7.62. The molecule has 108 valence electrons. The molecule has 0 atom stereocenters. The summed E-state index contributed by atoms with van der Waals surface area (Å²) in [5, 5.41) is 0.985. The summed E-state index contributed by atoms with van der Waals surface area (Å²) >= 11 is 0. The topological polar surface area (TPSA) is 42.4 Å². The highest BCUT2D eigenvalue weighted by molar-refractivity contribution is 6.38. The Bertz CT molecular complexity index is 665. The first-order chi connectivity index (χ1) is 9.76. The number of fused-ring (bicyclic) bond motifs is 1. The number of hydrogen-bond acceptors (Lipinski definition) is 3. The molecule has 5 heteroatoms. The molecule has 1 amide bonds. The average Bonchev–Trinajstić information content (AvgIpc) is 2.37. The fourth-order valence-electron chi connectivity index (χ4n) is 1.95. The number of amides is 1. The Balaban J connectivity index is 2.16. The highest BCUT2D eigenvalue weighted by Crippen LogP contribution is 2.13. The Hall–Kier alpha value is -2.04. The molecule has 4 nitrogen and oxygen atoms in total. The number of carbonyl (C=O) groups excluding carboxylic acids is 1. The van der Waals surface area contributed by atoms with Gasteiger partial charge in [-0.15, -0.1) is 0 Å². The maximum Gasteiger partial charge on any atom is 0.410 e. The van der Waals surface area contributed by atoms with Crippen LogP contribution in [0, 0.1) is 0 Å². The minimum Gasteiger partial charge on any atom is -0.444 e. The third kappa shape index (κ3) is 3.97. The summed E-state index contributed by atoms with van der Waals surface area (Å²) in [4.78, 5) is 18.0. The van der Waals surface area contributed by atoms with E-state index in [0.29, 0.717) is 12.0 Å². The van der Waals surface area contributed by atoms with Crippen molar-refractivity contribution in [3.63, 3.8) is 0 Å². The second-order valence-corrected chi connectivity index (χ2v) is 6.06. The monoisotopic (exact) mass is 282 g/mol. The minimum atomic E-state index is -0.507. The van der Waals surface area contributed by atoms with Crippen molar-refractivity contribution in [3.8, 4) is 0 Å². The zero-order valence-electron chi connectivity index (χ0n) is 12.9. The molecule has 1 heterocycles. The third-order valence-electron chi connectivity index (χ3n) is 2.91. The van der Waals surface area contributed by atoms with Crippen molar-refractivity contribution in [3.05, 3.63) is 36.0 Å². The Morgan fingerprint density at radius 1 is 1.29 bits per heavy atom. The number of ether oxygens (including phenoxy) is 1. The lowest BCUT2D eigenvalue weighted by molar-refractivity contribution is 0.0283. The van der Waals surface area contributed by atoms with Gasteiger partial charge in [0.25, 0.3) is 0 Å². The summed E-state index contributed by atoms with van der Waals surface area (Å²) in [6, 6.07) is 9.52. The Labute approximate surface area is 126 Å². The van der Waals surface area contributed by atoms with Gasteiger partial charge in [0.05, 0.1) is 17.8 Å². The SMILES string of the molecule is [B]c1cccc2ccc(CN(C)C(=O)OC(C)(C)C)nc12. The molecule has 0 aliphatic carbocycles. The first kappa shape index (κ1) is 15.4. The van der Waals surface area contributed by atoms with Gasteiger partial charge < -0.3 is 9.64 Å². The summed E-state index contributed by atoms with van der Waals surface area (Å²) < 4.78 is 5.32. The number of benzene rings is 1. The Kier molecular flexibility index (Phi) is 4.21. The van der Waals surface area contributed by atoms with Crippen LogP contribution in [-0.4, -0.2) is 36.5 Å². The molecular formula is C16H19BN2O2. The van der Waals surface area contributed by atoms with Gasteiger partial charge in [0.1, 0.15) is 13.4 Å². The Morgan fingerprint density at radius 2 is 2.00 bits per heavy atom. The van der Waals surface area contributed by atoms with Crippen molar-refractivity contribution in [2.24, 2.45) is 0 Å². The predicted octanol–water partition coefficient (Wildman–Crippen LogP) is 2.40. The molecule has 2 radical (unpaired) electrons. The van der Waals surface area contributed by atoms with E-state index in [0.717, 1.165) is 16.6 Å². The van der Waals surface area contributed by atoms with Gasteiger partial charge in [0.2, 0.25) is 0 Å². The van der Waals surface area contributed by atoms with Gasteiger partial charge in [-0.05, 0) is 32.2 Å². The number of nitrogens with zero attached hydrogens (tertiary/aromatic N) is 2. The smallest absolute Gasteiger partial charge is 0.410 e. The van der Waals surface area contributed by atoms with Gasteiger partial charge in [0, 0.05) is 7.05 Å². The number of aromatic nitrogens is 1. The highest BCUT2D eigenvalue weighted by Gasteiger charge is 2.19. The summed E-state index contributed by atoms with van der Waals surface area (Å²) in [6.45, 7) is 5.90. The highest BCUT2D eigenvalue weighted by atomic mass is 16.6. The fraction of sp³-hybridized carbons (Fsp3) is 0.375. The summed E-state index contributed by atoms with van der Waals surface area (Å²) in [5.41, 5.74) is 1.66. The first-order valence-electron chi connectivity index (χ1n) is 6.84. The van der Waals surface area contributed by atoms with Crippen molar-refractivity contribution in [1.82, 2.24) is 9.88 Å². The third-order valence-corrected chi connectivity index (χ3v) is 2.91. The fourth-order valence-corrected chi connectivity index (χ4v) is 1.95. The van der Waals surface area contributed by atoms with Crippen molar-refractivity contribution >= 4 is 30.3 Å². The van der Waals surface area contributed by atoms with E-state index in [4.69, 9.17) is 12.6 Å². The van der Waals surface area contributed by atoms with Crippen LogP contribution in [0.3, 0.4) is 0 Å². The van der Waals surface area contributed by atoms with Crippen molar-refractivity contribution in [2.45, 2.75) is 32.9 Å². The molecule has 2 rings (SSSR count). The predicted molar refractivity (Wildman–Crippen MR) is 84.8 cm³/mol. The lowest BCUT2D eigenvalue weighted by atomic mass is 9.93. The van der Waals surface area contributed by atoms with Gasteiger partial charge in [-0.1, -0.05) is 29.7 Å². The summed E-state index contributed by atoms with van der Waals surface area (Å²) in [6.07, 6.45) is -0.370. The maximum atomic E-state index is 11.9. The number of rotatable bonds is 2. The average molecular weight is 282 g/mol. The van der Waals surface area contributed by atoms with Crippen LogP contribution in [0.15, 0.2) is 30.3 Å². The standard InChI is InChI=1S/C16H19BN2O2/c1-16(2,3)21-15(20)19(4)10-12-9-8-11-6-5-7-13(17)14(11)18-12/h5-9H,10H2,1-4H3. The molecule has 0 N–H and O–H groups in total. The van der Waals surface area contributed by atoms with Crippen molar-refractivity contribution in [2.75, 3.05) is 7.05 Å². The van der Waals surface area contributed by atoms with Crippen molar-refractivity contribution < 1.29 is 9.53 Å². The van der Waals surface area contributed by atoms with Gasteiger partial charge in [-0.2, -0.15) is 0 Å². The van der Waals surface area contributed by atoms with Crippen LogP contribution in [0.25, 0.3) is 10.9 Å². The summed E-state index contributed by atoms with van der Waals surface area (Å²) in [5.74, 6) is 0. The number of carbonyl (C=O) groups is 1. The molecule has 0 saturated carbocycles. The molecule has 0 fully saturated rings. The van der Waals surface area contributed by atoms with Crippen LogP contribution < -0.4 is 5.46 Å². The molecule has 0 unspecified atom stereocenters. The molecule has 21 heavy (non-hydrogen) atoms. The van der Waals surface area contributed by atoms with Crippen LogP contribution in [-0.2, 0) is 11.3 Å². The lowest BCUT2D eigenvalue weighted by Crippen LogP contribution is -2.34. The lowest BCUT2D eigenvalue weighted by Gasteiger charge is -2.24. The zero-order valence-corrected chi connectivity index (χ0v) is 12.9. The number of para-hydroxylation sites is 1. The zero-order chi connectivity index (χ0) is 15.6. The molecule has 0 aliphatic rings. The van der Waals surface area contributed by atoms with Crippen LogP contribution in [0.4, 0.5) is 4.79 Å². The van der Waals surface area contributed by atoms with Gasteiger partial charge in [-0.3, -0.25) is 4.98 Å². The van der Waals surface area contributed by atoms with Crippen LogP contribution in [0.1, 0.15) is 26.5 Å². The van der Waals surface area contributed by atoms with E-state index in [1.165, 1.54) is 4.90 Å². The molecule has 0 aliphatic heterocycles. The molecule has 1 aromatic heterocycles. The van der Waals surface area contributed by atoms with E-state index >= 15 is 0 Å². The molecule has 0 spiro atoms. The minimum absolute atomic E-state index is 0.370. The van der Waals surface area contributed by atoms with Crippen LogP contribution >= 0.6 is 0 Å². The van der Waals surface area contributed by atoms with E-state index in [9.17, 15) is 4.79 Å². The maximum absolute atomic E-state index is 11.9. The molecule has 2 aromatic rings. The van der Waals surface area contributed by atoms with E-state index in [2.05, 4.69) is 4.98 Å². The molecule has 0 saturated heterocycles.